The summed E-state index contributed by atoms with van der Waals surface area (Å²) in [6.07, 6.45) is 0. The number of benzene rings is 1. The molecule has 3 rings (SSSR count). The van der Waals surface area contributed by atoms with Gasteiger partial charge in [-0.05, 0) is 24.6 Å². The van der Waals surface area contributed by atoms with Crippen molar-refractivity contribution >= 4 is 16.9 Å². The van der Waals surface area contributed by atoms with Gasteiger partial charge in [-0.1, -0.05) is 0 Å². The summed E-state index contributed by atoms with van der Waals surface area (Å²) >= 11 is 0. The van der Waals surface area contributed by atoms with Crippen LogP contribution in [0.1, 0.15) is 21.7 Å². The van der Waals surface area contributed by atoms with Crippen LogP contribution >= 0.6 is 0 Å². The molecule has 1 saturated heterocycles. The molecule has 1 N–H and O–H groups in total. The number of nitrogens with zero attached hydrogens (tertiary/aromatic N) is 1. The van der Waals surface area contributed by atoms with Crippen LogP contribution in [0.15, 0.2) is 16.5 Å². The Hall–Kier alpha value is -1.92. The molecule has 0 atom stereocenters. The Morgan fingerprint density at radius 3 is 2.76 bits per heavy atom. The van der Waals surface area contributed by atoms with Gasteiger partial charge >= 0.3 is 5.97 Å². The standard InChI is InChI=1S/C15H16FNO4/c1-9-11-6-10(8-17-2-4-20-5-3-17)7-12(16)14(11)21-13(9)15(18)19/h6-7H,2-5,8H2,1H3,(H,18,19). The number of carbonyl (C=O) groups is 1. The maximum absolute atomic E-state index is 14.1. The van der Waals surface area contributed by atoms with Crippen molar-refractivity contribution in [2.24, 2.45) is 0 Å². The van der Waals surface area contributed by atoms with Crippen molar-refractivity contribution in [3.05, 3.63) is 34.8 Å². The van der Waals surface area contributed by atoms with E-state index in [-0.39, 0.29) is 11.3 Å². The van der Waals surface area contributed by atoms with Gasteiger partial charge in [-0.25, -0.2) is 9.18 Å². The Labute approximate surface area is 120 Å². The lowest BCUT2D eigenvalue weighted by Crippen LogP contribution is -2.35. The number of furan rings is 1. The van der Waals surface area contributed by atoms with Crippen molar-refractivity contribution < 1.29 is 23.4 Å². The number of hydrogen-bond donors (Lipinski definition) is 1. The number of fused-ring (bicyclic) bond motifs is 1. The van der Waals surface area contributed by atoms with E-state index in [4.69, 9.17) is 14.3 Å². The molecular weight excluding hydrogens is 277 g/mol. The Bertz CT molecular complexity index is 689. The zero-order chi connectivity index (χ0) is 15.0. The lowest BCUT2D eigenvalue weighted by molar-refractivity contribution is 0.0342. The van der Waals surface area contributed by atoms with Crippen molar-refractivity contribution in [3.63, 3.8) is 0 Å². The maximum atomic E-state index is 14.1. The van der Waals surface area contributed by atoms with Crippen LogP contribution in [0.4, 0.5) is 4.39 Å². The van der Waals surface area contributed by atoms with Gasteiger partial charge in [0.25, 0.3) is 0 Å². The lowest BCUT2D eigenvalue weighted by atomic mass is 10.1. The van der Waals surface area contributed by atoms with Gasteiger partial charge < -0.3 is 14.3 Å². The maximum Gasteiger partial charge on any atom is 0.372 e. The third-order valence-corrected chi connectivity index (χ3v) is 3.76. The number of hydrogen-bond acceptors (Lipinski definition) is 4. The number of carboxylic acid groups (broad SMARTS) is 1. The molecule has 21 heavy (non-hydrogen) atoms. The number of ether oxygens (including phenoxy) is 1. The van der Waals surface area contributed by atoms with Crippen molar-refractivity contribution in [1.29, 1.82) is 0 Å². The summed E-state index contributed by atoms with van der Waals surface area (Å²) in [7, 11) is 0. The molecule has 0 bridgehead atoms. The van der Waals surface area contributed by atoms with Crippen molar-refractivity contribution in [1.82, 2.24) is 4.90 Å². The number of rotatable bonds is 3. The molecule has 6 heteroatoms. The van der Waals surface area contributed by atoms with E-state index in [2.05, 4.69) is 4.90 Å². The molecule has 0 spiro atoms. The van der Waals surface area contributed by atoms with E-state index in [1.807, 2.05) is 0 Å². The molecule has 112 valence electrons. The fourth-order valence-corrected chi connectivity index (χ4v) is 2.65. The van der Waals surface area contributed by atoms with Crippen LogP contribution < -0.4 is 0 Å². The highest BCUT2D eigenvalue weighted by Gasteiger charge is 2.20. The third kappa shape index (κ3) is 2.64. The fraction of sp³-hybridized carbons (Fsp3) is 0.400. The van der Waals surface area contributed by atoms with Gasteiger partial charge in [-0.2, -0.15) is 0 Å². The molecule has 0 saturated carbocycles. The first-order valence-corrected chi connectivity index (χ1v) is 6.81. The van der Waals surface area contributed by atoms with Crippen LogP contribution in [-0.2, 0) is 11.3 Å². The average Bonchev–Trinajstić information content (AvgIpc) is 2.78. The fourth-order valence-electron chi connectivity index (χ4n) is 2.65. The molecule has 0 unspecified atom stereocenters. The average molecular weight is 293 g/mol. The molecule has 1 aromatic heterocycles. The SMILES string of the molecule is Cc1c(C(=O)O)oc2c(F)cc(CN3CCOCC3)cc12. The van der Waals surface area contributed by atoms with Gasteiger partial charge in [-0.15, -0.1) is 0 Å². The van der Waals surface area contributed by atoms with Crippen molar-refractivity contribution in [3.8, 4) is 0 Å². The molecule has 0 amide bonds. The number of carboxylic acids is 1. The quantitative estimate of drug-likeness (QED) is 0.941. The minimum absolute atomic E-state index is 0.00984. The van der Waals surface area contributed by atoms with E-state index < -0.39 is 11.8 Å². The van der Waals surface area contributed by atoms with E-state index in [9.17, 15) is 9.18 Å². The molecule has 2 aromatic rings. The first-order valence-electron chi connectivity index (χ1n) is 6.81. The predicted octanol–water partition coefficient (Wildman–Crippen LogP) is 2.41. The number of morpholine rings is 1. The summed E-state index contributed by atoms with van der Waals surface area (Å²) in [6, 6.07) is 3.21. The minimum atomic E-state index is -1.18. The second-order valence-electron chi connectivity index (χ2n) is 5.20. The van der Waals surface area contributed by atoms with Crippen LogP contribution in [0.2, 0.25) is 0 Å². The molecule has 1 aromatic carbocycles. The Kier molecular flexibility index (Phi) is 3.65. The second kappa shape index (κ2) is 5.46. The smallest absolute Gasteiger partial charge is 0.372 e. The summed E-state index contributed by atoms with van der Waals surface area (Å²) in [5, 5.41) is 9.57. The number of halogens is 1. The normalized spacial score (nSPS) is 16.5. The summed E-state index contributed by atoms with van der Waals surface area (Å²) in [6.45, 7) is 5.22. The summed E-state index contributed by atoms with van der Waals surface area (Å²) in [5.41, 5.74) is 1.28. The number of aromatic carboxylic acids is 1. The summed E-state index contributed by atoms with van der Waals surface area (Å²) in [5.74, 6) is -1.91. The second-order valence-corrected chi connectivity index (χ2v) is 5.20. The molecule has 0 aliphatic carbocycles. The van der Waals surface area contributed by atoms with Crippen molar-refractivity contribution in [2.45, 2.75) is 13.5 Å². The zero-order valence-corrected chi connectivity index (χ0v) is 11.7. The molecule has 0 radical (unpaired) electrons. The van der Waals surface area contributed by atoms with Crippen molar-refractivity contribution in [2.75, 3.05) is 26.3 Å². The van der Waals surface area contributed by atoms with Crippen LogP contribution in [0.25, 0.3) is 11.0 Å². The Balaban J connectivity index is 1.97. The topological polar surface area (TPSA) is 62.9 Å². The van der Waals surface area contributed by atoms with E-state index >= 15 is 0 Å². The highest BCUT2D eigenvalue weighted by atomic mass is 19.1. The van der Waals surface area contributed by atoms with Gasteiger partial charge in [0.15, 0.2) is 11.4 Å². The van der Waals surface area contributed by atoms with Crippen LogP contribution in [0, 0.1) is 12.7 Å². The predicted molar refractivity (Wildman–Crippen MR) is 74.0 cm³/mol. The van der Waals surface area contributed by atoms with Gasteiger partial charge in [-0.3, -0.25) is 4.90 Å². The van der Waals surface area contributed by atoms with Gasteiger partial charge in [0.05, 0.1) is 13.2 Å². The van der Waals surface area contributed by atoms with E-state index in [1.54, 1.807) is 13.0 Å². The third-order valence-electron chi connectivity index (χ3n) is 3.76. The highest BCUT2D eigenvalue weighted by molar-refractivity contribution is 5.95. The molecule has 2 heterocycles. The minimum Gasteiger partial charge on any atom is -0.475 e. The Morgan fingerprint density at radius 2 is 2.10 bits per heavy atom. The zero-order valence-electron chi connectivity index (χ0n) is 11.7. The Morgan fingerprint density at radius 1 is 1.38 bits per heavy atom. The lowest BCUT2D eigenvalue weighted by Gasteiger charge is -2.26. The molecular formula is C15H16FNO4. The molecule has 5 nitrogen and oxygen atoms in total. The number of aryl methyl sites for hydroxylation is 1. The van der Waals surface area contributed by atoms with E-state index in [0.717, 1.165) is 18.7 Å². The van der Waals surface area contributed by atoms with E-state index in [0.29, 0.717) is 30.7 Å². The first kappa shape index (κ1) is 14.0. The van der Waals surface area contributed by atoms with E-state index in [1.165, 1.54) is 6.07 Å². The van der Waals surface area contributed by atoms with Crippen LogP contribution in [-0.4, -0.2) is 42.3 Å². The first-order chi connectivity index (χ1) is 10.1. The largest absolute Gasteiger partial charge is 0.475 e. The molecule has 1 aliphatic heterocycles. The summed E-state index contributed by atoms with van der Waals surface area (Å²) in [4.78, 5) is 13.2. The van der Waals surface area contributed by atoms with Gasteiger partial charge in [0, 0.05) is 30.6 Å². The monoisotopic (exact) mass is 293 g/mol. The van der Waals surface area contributed by atoms with Gasteiger partial charge in [0.1, 0.15) is 0 Å². The molecule has 1 aliphatic rings. The molecule has 1 fully saturated rings. The van der Waals surface area contributed by atoms with Crippen LogP contribution in [0.5, 0.6) is 0 Å². The summed E-state index contributed by atoms with van der Waals surface area (Å²) < 4.78 is 24.5. The van der Waals surface area contributed by atoms with Gasteiger partial charge in [0.2, 0.25) is 5.76 Å². The van der Waals surface area contributed by atoms with Crippen LogP contribution in [0.3, 0.4) is 0 Å². The highest BCUT2D eigenvalue weighted by Crippen LogP contribution is 2.29.